The van der Waals surface area contributed by atoms with Gasteiger partial charge in [0.15, 0.2) is 0 Å². The van der Waals surface area contributed by atoms with Gasteiger partial charge >= 0.3 is 0 Å². The zero-order valence-corrected chi connectivity index (χ0v) is 10.4. The third-order valence-electron chi connectivity index (χ3n) is 2.65. The van der Waals surface area contributed by atoms with E-state index in [-0.39, 0.29) is 0 Å². The lowest BCUT2D eigenvalue weighted by atomic mass is 10.2. The molecule has 0 aliphatic carbocycles. The zero-order chi connectivity index (χ0) is 12.3. The standard InChI is InChI=1S/C13H17N3O/c1-9-4-5-12(7-15-9)6-14-8-13-16-10(2)11(3)17-13/h4-5,7,14H,6,8H2,1-3H3. The third-order valence-corrected chi connectivity index (χ3v) is 2.65. The van der Waals surface area contributed by atoms with Gasteiger partial charge in [-0.1, -0.05) is 6.07 Å². The highest BCUT2D eigenvalue weighted by Crippen LogP contribution is 2.08. The van der Waals surface area contributed by atoms with Crippen LogP contribution in [0.2, 0.25) is 0 Å². The van der Waals surface area contributed by atoms with E-state index in [2.05, 4.69) is 21.4 Å². The highest BCUT2D eigenvalue weighted by molar-refractivity contribution is 5.13. The Morgan fingerprint density at radius 1 is 1.18 bits per heavy atom. The van der Waals surface area contributed by atoms with Crippen LogP contribution in [0.1, 0.15) is 28.6 Å². The lowest BCUT2D eigenvalue weighted by molar-refractivity contribution is 0.448. The van der Waals surface area contributed by atoms with Crippen molar-refractivity contribution in [2.24, 2.45) is 0 Å². The fourth-order valence-electron chi connectivity index (χ4n) is 1.53. The zero-order valence-electron chi connectivity index (χ0n) is 10.4. The van der Waals surface area contributed by atoms with Gasteiger partial charge < -0.3 is 9.73 Å². The Morgan fingerprint density at radius 2 is 2.00 bits per heavy atom. The van der Waals surface area contributed by atoms with Crippen LogP contribution in [-0.2, 0) is 13.1 Å². The van der Waals surface area contributed by atoms with Gasteiger partial charge in [-0.2, -0.15) is 0 Å². The molecule has 0 saturated carbocycles. The van der Waals surface area contributed by atoms with Crippen molar-refractivity contribution < 1.29 is 4.42 Å². The number of nitrogens with zero attached hydrogens (tertiary/aromatic N) is 2. The highest BCUT2D eigenvalue weighted by Gasteiger charge is 2.04. The molecule has 90 valence electrons. The first kappa shape index (κ1) is 11.8. The summed E-state index contributed by atoms with van der Waals surface area (Å²) in [7, 11) is 0. The number of aromatic nitrogens is 2. The van der Waals surface area contributed by atoms with Crippen molar-refractivity contribution in [3.8, 4) is 0 Å². The molecule has 0 unspecified atom stereocenters. The topological polar surface area (TPSA) is 51.0 Å². The molecule has 0 saturated heterocycles. The Morgan fingerprint density at radius 3 is 2.59 bits per heavy atom. The molecule has 2 rings (SSSR count). The predicted octanol–water partition coefficient (Wildman–Crippen LogP) is 2.28. The fraction of sp³-hybridized carbons (Fsp3) is 0.385. The van der Waals surface area contributed by atoms with Gasteiger partial charge in [0.1, 0.15) is 5.76 Å². The van der Waals surface area contributed by atoms with Gasteiger partial charge in [0.2, 0.25) is 5.89 Å². The number of aryl methyl sites for hydroxylation is 3. The van der Waals surface area contributed by atoms with Crippen LogP contribution in [0.4, 0.5) is 0 Å². The molecule has 0 fully saturated rings. The minimum Gasteiger partial charge on any atom is -0.444 e. The highest BCUT2D eigenvalue weighted by atomic mass is 16.4. The SMILES string of the molecule is Cc1ccc(CNCc2nc(C)c(C)o2)cn1. The molecule has 0 aliphatic heterocycles. The lowest BCUT2D eigenvalue weighted by Gasteiger charge is -2.02. The van der Waals surface area contributed by atoms with Gasteiger partial charge in [-0.3, -0.25) is 4.98 Å². The van der Waals surface area contributed by atoms with Crippen LogP contribution in [-0.4, -0.2) is 9.97 Å². The van der Waals surface area contributed by atoms with Crippen molar-refractivity contribution in [2.45, 2.75) is 33.9 Å². The monoisotopic (exact) mass is 231 g/mol. The Kier molecular flexibility index (Phi) is 3.54. The summed E-state index contributed by atoms with van der Waals surface area (Å²) in [5.74, 6) is 1.62. The van der Waals surface area contributed by atoms with Crippen LogP contribution in [0, 0.1) is 20.8 Å². The molecule has 17 heavy (non-hydrogen) atoms. The van der Waals surface area contributed by atoms with E-state index in [1.807, 2.05) is 33.0 Å². The van der Waals surface area contributed by atoms with Crippen LogP contribution in [0.25, 0.3) is 0 Å². The molecule has 0 atom stereocenters. The predicted molar refractivity (Wildman–Crippen MR) is 65.5 cm³/mol. The molecule has 0 amide bonds. The molecule has 2 aromatic heterocycles. The fourth-order valence-corrected chi connectivity index (χ4v) is 1.53. The summed E-state index contributed by atoms with van der Waals surface area (Å²) in [5, 5.41) is 3.28. The molecule has 4 nitrogen and oxygen atoms in total. The first-order valence-corrected chi connectivity index (χ1v) is 5.70. The second-order valence-electron chi connectivity index (χ2n) is 4.16. The molecule has 0 aromatic carbocycles. The average molecular weight is 231 g/mol. The van der Waals surface area contributed by atoms with Gasteiger partial charge in [-0.05, 0) is 32.4 Å². The summed E-state index contributed by atoms with van der Waals surface area (Å²) in [4.78, 5) is 8.55. The molecule has 4 heteroatoms. The van der Waals surface area contributed by atoms with Crippen molar-refractivity contribution in [2.75, 3.05) is 0 Å². The van der Waals surface area contributed by atoms with Crippen molar-refractivity contribution >= 4 is 0 Å². The van der Waals surface area contributed by atoms with Crippen molar-refractivity contribution in [1.29, 1.82) is 0 Å². The van der Waals surface area contributed by atoms with E-state index in [0.717, 1.165) is 35.1 Å². The number of pyridine rings is 1. The Balaban J connectivity index is 1.85. The molecule has 0 radical (unpaired) electrons. The van der Waals surface area contributed by atoms with Crippen LogP contribution in [0.5, 0.6) is 0 Å². The van der Waals surface area contributed by atoms with E-state index < -0.39 is 0 Å². The maximum atomic E-state index is 5.48. The Bertz CT molecular complexity index is 468. The van der Waals surface area contributed by atoms with Crippen molar-refractivity contribution in [3.63, 3.8) is 0 Å². The normalized spacial score (nSPS) is 10.8. The molecule has 0 bridgehead atoms. The number of hydrogen-bond acceptors (Lipinski definition) is 4. The van der Waals surface area contributed by atoms with Gasteiger partial charge in [0.25, 0.3) is 0 Å². The number of oxazole rings is 1. The van der Waals surface area contributed by atoms with Gasteiger partial charge in [0.05, 0.1) is 12.2 Å². The van der Waals surface area contributed by atoms with Crippen molar-refractivity contribution in [1.82, 2.24) is 15.3 Å². The average Bonchev–Trinajstić information content (AvgIpc) is 2.61. The molecular weight excluding hydrogens is 214 g/mol. The molecule has 2 aromatic rings. The lowest BCUT2D eigenvalue weighted by Crippen LogP contribution is -2.13. The smallest absolute Gasteiger partial charge is 0.208 e. The van der Waals surface area contributed by atoms with Gasteiger partial charge in [-0.15, -0.1) is 0 Å². The maximum absolute atomic E-state index is 5.48. The van der Waals surface area contributed by atoms with Crippen LogP contribution in [0.15, 0.2) is 22.7 Å². The van der Waals surface area contributed by atoms with Crippen LogP contribution in [0.3, 0.4) is 0 Å². The first-order chi connectivity index (χ1) is 8.15. The summed E-state index contributed by atoms with van der Waals surface area (Å²) in [6, 6.07) is 4.08. The maximum Gasteiger partial charge on any atom is 0.208 e. The van der Waals surface area contributed by atoms with Gasteiger partial charge in [-0.25, -0.2) is 4.98 Å². The van der Waals surface area contributed by atoms with Crippen molar-refractivity contribution in [3.05, 3.63) is 46.9 Å². The second-order valence-corrected chi connectivity index (χ2v) is 4.16. The van der Waals surface area contributed by atoms with E-state index >= 15 is 0 Å². The molecule has 2 heterocycles. The molecule has 0 aliphatic rings. The van der Waals surface area contributed by atoms with Crippen LogP contribution >= 0.6 is 0 Å². The number of rotatable bonds is 4. The van der Waals surface area contributed by atoms with E-state index in [1.165, 1.54) is 0 Å². The van der Waals surface area contributed by atoms with Crippen LogP contribution < -0.4 is 5.32 Å². The Hall–Kier alpha value is -1.68. The summed E-state index contributed by atoms with van der Waals surface area (Å²) < 4.78 is 5.48. The number of hydrogen-bond donors (Lipinski definition) is 1. The van der Waals surface area contributed by atoms with E-state index in [4.69, 9.17) is 4.42 Å². The minimum atomic E-state index is 0.641. The Labute approximate surface area is 101 Å². The first-order valence-electron chi connectivity index (χ1n) is 5.70. The van der Waals surface area contributed by atoms with E-state index in [9.17, 15) is 0 Å². The summed E-state index contributed by atoms with van der Waals surface area (Å²) >= 11 is 0. The number of nitrogens with one attached hydrogen (secondary N) is 1. The second kappa shape index (κ2) is 5.10. The van der Waals surface area contributed by atoms with Gasteiger partial charge in [0, 0.05) is 18.4 Å². The summed E-state index contributed by atoms with van der Waals surface area (Å²) in [6.07, 6.45) is 1.88. The minimum absolute atomic E-state index is 0.641. The molecular formula is C13H17N3O. The molecule has 0 spiro atoms. The summed E-state index contributed by atoms with van der Waals surface area (Å²) in [5.41, 5.74) is 3.15. The van der Waals surface area contributed by atoms with E-state index in [1.54, 1.807) is 0 Å². The van der Waals surface area contributed by atoms with E-state index in [0.29, 0.717) is 6.54 Å². The largest absolute Gasteiger partial charge is 0.444 e. The summed E-state index contributed by atoms with van der Waals surface area (Å²) in [6.45, 7) is 7.27. The molecule has 1 N–H and O–H groups in total. The quantitative estimate of drug-likeness (QED) is 0.877. The third kappa shape index (κ3) is 3.14.